The quantitative estimate of drug-likeness (QED) is 0.378. The molecular formula is C30H37N3O6S. The van der Waals surface area contributed by atoms with Gasteiger partial charge in [-0.3, -0.25) is 14.4 Å². The second kappa shape index (κ2) is 12.7. The molecule has 0 aromatic heterocycles. The van der Waals surface area contributed by atoms with Gasteiger partial charge in [0.05, 0.1) is 24.5 Å². The van der Waals surface area contributed by atoms with Gasteiger partial charge in [-0.2, -0.15) is 0 Å². The zero-order valence-corrected chi connectivity index (χ0v) is 24.1. The Hall–Kier alpha value is -3.60. The lowest BCUT2D eigenvalue weighted by atomic mass is 9.99. The van der Waals surface area contributed by atoms with Crippen molar-refractivity contribution in [3.8, 4) is 17.2 Å². The SMILES string of the molecule is C[C@@H]1CN([C@H](C)CO)C(=O)c2cc(NS(C)(=O)=O)ccc2O[C@H]1CN(C)Cc1ccc(Oc2ccccc2)cc1. The van der Waals surface area contributed by atoms with Crippen molar-refractivity contribution in [1.82, 2.24) is 9.80 Å². The van der Waals surface area contributed by atoms with E-state index in [1.165, 1.54) is 6.07 Å². The molecule has 3 atom stereocenters. The van der Waals surface area contributed by atoms with Crippen molar-refractivity contribution in [2.75, 3.05) is 37.7 Å². The number of ether oxygens (including phenoxy) is 2. The summed E-state index contributed by atoms with van der Waals surface area (Å²) in [5.74, 6) is 1.57. The first kappa shape index (κ1) is 29.4. The molecular weight excluding hydrogens is 530 g/mol. The molecule has 1 amide bonds. The van der Waals surface area contributed by atoms with Crippen LogP contribution in [-0.4, -0.2) is 74.4 Å². The molecule has 1 aliphatic rings. The largest absolute Gasteiger partial charge is 0.488 e. The number of hydrogen-bond acceptors (Lipinski definition) is 7. The van der Waals surface area contributed by atoms with Crippen LogP contribution in [0.5, 0.6) is 17.2 Å². The van der Waals surface area contributed by atoms with Crippen LogP contribution in [0, 0.1) is 5.92 Å². The van der Waals surface area contributed by atoms with Crippen LogP contribution in [0.3, 0.4) is 0 Å². The van der Waals surface area contributed by atoms with Gasteiger partial charge in [0.1, 0.15) is 23.4 Å². The van der Waals surface area contributed by atoms with Crippen LogP contribution < -0.4 is 14.2 Å². The third-order valence-electron chi connectivity index (χ3n) is 6.81. The number of nitrogens with one attached hydrogen (secondary N) is 1. The number of anilines is 1. The molecule has 0 saturated carbocycles. The third-order valence-corrected chi connectivity index (χ3v) is 7.42. The van der Waals surface area contributed by atoms with Crippen LogP contribution in [-0.2, 0) is 16.6 Å². The highest BCUT2D eigenvalue weighted by atomic mass is 32.2. The number of fused-ring (bicyclic) bond motifs is 1. The predicted molar refractivity (Wildman–Crippen MR) is 155 cm³/mol. The summed E-state index contributed by atoms with van der Waals surface area (Å²) in [6.45, 7) is 5.28. The number of carbonyl (C=O) groups excluding carboxylic acids is 1. The molecule has 40 heavy (non-hydrogen) atoms. The van der Waals surface area contributed by atoms with Crippen LogP contribution in [0.2, 0.25) is 0 Å². The number of sulfonamides is 1. The topological polar surface area (TPSA) is 108 Å². The molecule has 0 spiro atoms. The van der Waals surface area contributed by atoms with Crippen LogP contribution >= 0.6 is 0 Å². The Morgan fingerprint density at radius 1 is 1.10 bits per heavy atom. The van der Waals surface area contributed by atoms with Crippen LogP contribution in [0.25, 0.3) is 0 Å². The normalized spacial score (nSPS) is 18.4. The zero-order valence-electron chi connectivity index (χ0n) is 23.3. The summed E-state index contributed by atoms with van der Waals surface area (Å²) in [6.07, 6.45) is 0.791. The molecule has 0 bridgehead atoms. The number of aliphatic hydroxyl groups excluding tert-OH is 1. The first-order valence-corrected chi connectivity index (χ1v) is 15.1. The fourth-order valence-corrected chi connectivity index (χ4v) is 5.24. The van der Waals surface area contributed by atoms with E-state index in [4.69, 9.17) is 9.47 Å². The Labute approximate surface area is 236 Å². The molecule has 9 nitrogen and oxygen atoms in total. The van der Waals surface area contributed by atoms with Gasteiger partial charge in [-0.05, 0) is 62.0 Å². The van der Waals surface area contributed by atoms with Crippen molar-refractivity contribution in [1.29, 1.82) is 0 Å². The molecule has 4 rings (SSSR count). The van der Waals surface area contributed by atoms with Gasteiger partial charge in [0.2, 0.25) is 10.0 Å². The number of likely N-dealkylation sites (N-methyl/N-ethyl adjacent to an activating group) is 1. The molecule has 0 unspecified atom stereocenters. The Kier molecular flexibility index (Phi) is 9.34. The standard InChI is InChI=1S/C30H37N3O6S/c1-21-17-33(22(2)20-34)30(35)27-16-24(31-40(4,36)37)12-15-28(27)39-29(21)19-32(3)18-23-10-13-26(14-11-23)38-25-8-6-5-7-9-25/h5-16,21-22,29,31,34H,17-20H2,1-4H3/t21-,22-,29+/m1/s1. The van der Waals surface area contributed by atoms with Crippen LogP contribution in [0.15, 0.2) is 72.8 Å². The number of carbonyl (C=O) groups is 1. The number of amides is 1. The van der Waals surface area contributed by atoms with Crippen molar-refractivity contribution >= 4 is 21.6 Å². The molecule has 0 aliphatic carbocycles. The number of nitrogens with zero attached hydrogens (tertiary/aromatic N) is 2. The Balaban J connectivity index is 1.50. The number of benzene rings is 3. The molecule has 214 valence electrons. The number of aliphatic hydroxyl groups is 1. The van der Waals surface area contributed by atoms with Gasteiger partial charge in [-0.1, -0.05) is 37.3 Å². The fraction of sp³-hybridized carbons (Fsp3) is 0.367. The minimum Gasteiger partial charge on any atom is -0.488 e. The van der Waals surface area contributed by atoms with Gasteiger partial charge in [0.25, 0.3) is 5.91 Å². The van der Waals surface area contributed by atoms with Crippen molar-refractivity contribution in [3.05, 3.63) is 83.9 Å². The van der Waals surface area contributed by atoms with E-state index in [0.717, 1.165) is 23.3 Å². The highest BCUT2D eigenvalue weighted by Crippen LogP contribution is 2.31. The lowest BCUT2D eigenvalue weighted by molar-refractivity contribution is 0.0341. The maximum Gasteiger partial charge on any atom is 0.258 e. The molecule has 1 aliphatic heterocycles. The van der Waals surface area contributed by atoms with E-state index in [1.807, 2.05) is 68.6 Å². The molecule has 0 fully saturated rings. The Morgan fingerprint density at radius 3 is 2.42 bits per heavy atom. The number of rotatable bonds is 10. The fourth-order valence-electron chi connectivity index (χ4n) is 4.69. The number of para-hydroxylation sites is 1. The summed E-state index contributed by atoms with van der Waals surface area (Å²) in [5, 5.41) is 9.85. The van der Waals surface area contributed by atoms with E-state index in [0.29, 0.717) is 25.4 Å². The Bertz CT molecular complexity index is 1400. The van der Waals surface area contributed by atoms with E-state index < -0.39 is 16.1 Å². The molecule has 0 saturated heterocycles. The van der Waals surface area contributed by atoms with E-state index >= 15 is 0 Å². The van der Waals surface area contributed by atoms with Crippen molar-refractivity contribution < 1.29 is 27.8 Å². The maximum atomic E-state index is 13.5. The molecule has 0 radical (unpaired) electrons. The zero-order chi connectivity index (χ0) is 28.9. The maximum absolute atomic E-state index is 13.5. The van der Waals surface area contributed by atoms with Gasteiger partial charge in [0.15, 0.2) is 0 Å². The molecule has 3 aromatic rings. The van der Waals surface area contributed by atoms with Crippen molar-refractivity contribution in [2.45, 2.75) is 32.5 Å². The summed E-state index contributed by atoms with van der Waals surface area (Å²) in [4.78, 5) is 17.3. The van der Waals surface area contributed by atoms with Gasteiger partial charge >= 0.3 is 0 Å². The summed E-state index contributed by atoms with van der Waals surface area (Å²) < 4.78 is 38.3. The Morgan fingerprint density at radius 2 is 1.77 bits per heavy atom. The van der Waals surface area contributed by atoms with E-state index in [-0.39, 0.29) is 35.8 Å². The number of hydrogen-bond donors (Lipinski definition) is 2. The minimum atomic E-state index is -3.53. The summed E-state index contributed by atoms with van der Waals surface area (Å²) in [6, 6.07) is 21.9. The highest BCUT2D eigenvalue weighted by Gasteiger charge is 2.33. The minimum absolute atomic E-state index is 0.0379. The monoisotopic (exact) mass is 567 g/mol. The molecule has 1 heterocycles. The van der Waals surface area contributed by atoms with Crippen molar-refractivity contribution in [2.24, 2.45) is 5.92 Å². The second-order valence-corrected chi connectivity index (χ2v) is 12.2. The first-order valence-electron chi connectivity index (χ1n) is 13.2. The van der Waals surface area contributed by atoms with Gasteiger partial charge < -0.3 is 19.5 Å². The summed E-state index contributed by atoms with van der Waals surface area (Å²) in [5.41, 5.74) is 1.64. The van der Waals surface area contributed by atoms with Gasteiger partial charge in [-0.15, -0.1) is 0 Å². The first-order chi connectivity index (χ1) is 19.0. The van der Waals surface area contributed by atoms with E-state index in [2.05, 4.69) is 9.62 Å². The lowest BCUT2D eigenvalue weighted by Crippen LogP contribution is -2.49. The van der Waals surface area contributed by atoms with E-state index in [9.17, 15) is 18.3 Å². The van der Waals surface area contributed by atoms with Crippen LogP contribution in [0.1, 0.15) is 29.8 Å². The highest BCUT2D eigenvalue weighted by molar-refractivity contribution is 7.92. The average Bonchev–Trinajstić information content (AvgIpc) is 2.91. The van der Waals surface area contributed by atoms with Crippen LogP contribution in [0.4, 0.5) is 5.69 Å². The smallest absolute Gasteiger partial charge is 0.258 e. The van der Waals surface area contributed by atoms with Gasteiger partial charge in [-0.25, -0.2) is 8.42 Å². The van der Waals surface area contributed by atoms with Crippen molar-refractivity contribution in [3.63, 3.8) is 0 Å². The third kappa shape index (κ3) is 7.74. The molecule has 3 aromatic carbocycles. The lowest BCUT2D eigenvalue weighted by Gasteiger charge is -2.38. The van der Waals surface area contributed by atoms with Gasteiger partial charge in [0, 0.05) is 31.2 Å². The molecule has 10 heteroatoms. The van der Waals surface area contributed by atoms with E-state index in [1.54, 1.807) is 24.0 Å². The summed E-state index contributed by atoms with van der Waals surface area (Å²) >= 11 is 0. The second-order valence-electron chi connectivity index (χ2n) is 10.5. The predicted octanol–water partition coefficient (Wildman–Crippen LogP) is 4.20. The summed E-state index contributed by atoms with van der Waals surface area (Å²) in [7, 11) is -1.51. The average molecular weight is 568 g/mol. The molecule has 2 N–H and O–H groups in total.